The van der Waals surface area contributed by atoms with Crippen LogP contribution in [0.3, 0.4) is 0 Å². The Morgan fingerprint density at radius 2 is 2.00 bits per heavy atom. The minimum Gasteiger partial charge on any atom is -0.459 e. The number of pyridine rings is 1. The Hall–Kier alpha value is -2.09. The van der Waals surface area contributed by atoms with Crippen molar-refractivity contribution in [2.24, 2.45) is 0 Å². The van der Waals surface area contributed by atoms with Gasteiger partial charge in [-0.05, 0) is 32.0 Å². The molecule has 0 aromatic carbocycles. The lowest BCUT2D eigenvalue weighted by atomic mass is 9.83. The van der Waals surface area contributed by atoms with Crippen LogP contribution in [-0.2, 0) is 11.3 Å². The zero-order valence-electron chi connectivity index (χ0n) is 15.1. The average molecular weight is 381 g/mol. The van der Waals surface area contributed by atoms with Crippen LogP contribution in [0.25, 0.3) is 11.0 Å². The molecule has 0 radical (unpaired) electrons. The van der Waals surface area contributed by atoms with E-state index >= 15 is 0 Å². The maximum Gasteiger partial charge on any atom is 0.406 e. The number of nitrogens with zero attached hydrogens (tertiary/aromatic N) is 3. The summed E-state index contributed by atoms with van der Waals surface area (Å²) in [4.78, 5) is 19.1. The maximum atomic E-state index is 12.9. The number of hydrogen-bond acceptors (Lipinski definition) is 4. The highest BCUT2D eigenvalue weighted by Crippen LogP contribution is 2.34. The Labute approximate surface area is 155 Å². The van der Waals surface area contributed by atoms with Crippen molar-refractivity contribution >= 4 is 17.0 Å². The Morgan fingerprint density at radius 3 is 2.67 bits per heavy atom. The van der Waals surface area contributed by atoms with Crippen molar-refractivity contribution in [1.29, 1.82) is 0 Å². The fourth-order valence-corrected chi connectivity index (χ4v) is 4.48. The summed E-state index contributed by atoms with van der Waals surface area (Å²) < 4.78 is 45.2. The molecule has 2 aromatic heterocycles. The molecule has 5 nitrogen and oxygen atoms in total. The zero-order chi connectivity index (χ0) is 19.2. The lowest BCUT2D eigenvalue weighted by molar-refractivity contribution is -0.140. The molecular weight excluding hydrogens is 359 g/mol. The van der Waals surface area contributed by atoms with Crippen LogP contribution in [0.1, 0.15) is 42.5 Å². The first-order valence-corrected chi connectivity index (χ1v) is 9.25. The van der Waals surface area contributed by atoms with E-state index in [1.165, 1.54) is 18.8 Å². The molecule has 2 bridgehead atoms. The second-order valence-corrected chi connectivity index (χ2v) is 7.56. The molecule has 2 atom stereocenters. The predicted octanol–water partition coefficient (Wildman–Crippen LogP) is 3.77. The van der Waals surface area contributed by atoms with Gasteiger partial charge in [-0.15, -0.1) is 0 Å². The van der Waals surface area contributed by atoms with Crippen molar-refractivity contribution in [2.45, 2.75) is 63.0 Å². The summed E-state index contributed by atoms with van der Waals surface area (Å²) in [5, 5.41) is 0.389. The Balaban J connectivity index is 1.56. The van der Waals surface area contributed by atoms with Crippen LogP contribution in [0, 0.1) is 0 Å². The van der Waals surface area contributed by atoms with Crippen LogP contribution in [0.4, 0.5) is 13.2 Å². The molecule has 2 saturated heterocycles. The van der Waals surface area contributed by atoms with Gasteiger partial charge in [0.1, 0.15) is 18.3 Å². The standard InChI is InChI=1S/C19H22F3N3O2/c1-24-12-4-2-5-13(24)9-14(8-12)27-18(26)16-10-25(11-19(20,21)22)17-15(16)6-3-7-23-17/h3,6-7,10,12-14H,2,4-5,8-9,11H2,1H3. The third-order valence-electron chi connectivity index (χ3n) is 5.77. The molecule has 2 aromatic rings. The van der Waals surface area contributed by atoms with Gasteiger partial charge in [-0.3, -0.25) is 0 Å². The van der Waals surface area contributed by atoms with E-state index in [1.807, 2.05) is 0 Å². The lowest BCUT2D eigenvalue weighted by Crippen LogP contribution is -2.52. The first kappa shape index (κ1) is 18.3. The van der Waals surface area contributed by atoms with Gasteiger partial charge in [0.2, 0.25) is 0 Å². The molecule has 8 heteroatoms. The highest BCUT2D eigenvalue weighted by atomic mass is 19.4. The van der Waals surface area contributed by atoms with Crippen molar-refractivity contribution in [1.82, 2.24) is 14.5 Å². The van der Waals surface area contributed by atoms with Gasteiger partial charge in [0, 0.05) is 42.7 Å². The number of halogens is 3. The predicted molar refractivity (Wildman–Crippen MR) is 93.4 cm³/mol. The molecule has 4 rings (SSSR count). The monoisotopic (exact) mass is 381 g/mol. The number of hydrogen-bond donors (Lipinski definition) is 0. The molecule has 0 saturated carbocycles. The second kappa shape index (κ2) is 6.82. The summed E-state index contributed by atoms with van der Waals surface area (Å²) in [6, 6.07) is 4.03. The molecule has 146 valence electrons. The van der Waals surface area contributed by atoms with Gasteiger partial charge in [0.05, 0.1) is 5.56 Å². The quantitative estimate of drug-likeness (QED) is 0.760. The van der Waals surface area contributed by atoms with Gasteiger partial charge in [0.15, 0.2) is 0 Å². The van der Waals surface area contributed by atoms with E-state index in [4.69, 9.17) is 4.74 Å². The molecule has 0 amide bonds. The SMILES string of the molecule is CN1C2CCCC1CC(OC(=O)c1cn(CC(F)(F)F)c3ncccc13)C2. The molecule has 0 aliphatic carbocycles. The lowest BCUT2D eigenvalue weighted by Gasteiger charge is -2.46. The Morgan fingerprint density at radius 1 is 1.30 bits per heavy atom. The molecule has 2 unspecified atom stereocenters. The summed E-state index contributed by atoms with van der Waals surface area (Å²) in [5.74, 6) is -0.568. The summed E-state index contributed by atoms with van der Waals surface area (Å²) in [5.41, 5.74) is 0.286. The molecule has 0 N–H and O–H groups in total. The van der Waals surface area contributed by atoms with Crippen molar-refractivity contribution in [3.8, 4) is 0 Å². The topological polar surface area (TPSA) is 47.4 Å². The van der Waals surface area contributed by atoms with Crippen molar-refractivity contribution < 1.29 is 22.7 Å². The number of aromatic nitrogens is 2. The summed E-state index contributed by atoms with van der Waals surface area (Å²) in [7, 11) is 2.11. The molecule has 2 fully saturated rings. The molecular formula is C19H22F3N3O2. The van der Waals surface area contributed by atoms with Crippen molar-refractivity contribution in [2.75, 3.05) is 7.05 Å². The van der Waals surface area contributed by atoms with E-state index in [0.29, 0.717) is 17.5 Å². The normalized spacial score (nSPS) is 26.3. The maximum absolute atomic E-state index is 12.9. The molecule has 2 aliphatic heterocycles. The minimum atomic E-state index is -4.39. The first-order chi connectivity index (χ1) is 12.8. The number of piperidine rings is 2. The number of rotatable bonds is 3. The van der Waals surface area contributed by atoms with Crippen LogP contribution in [0.15, 0.2) is 24.5 Å². The van der Waals surface area contributed by atoms with Gasteiger partial charge < -0.3 is 14.2 Å². The Bertz CT molecular complexity index is 834. The number of esters is 1. The third kappa shape index (κ3) is 3.67. The van der Waals surface area contributed by atoms with E-state index < -0.39 is 18.7 Å². The van der Waals surface area contributed by atoms with Crippen molar-refractivity contribution in [3.63, 3.8) is 0 Å². The van der Waals surface area contributed by atoms with E-state index in [0.717, 1.165) is 30.3 Å². The van der Waals surface area contributed by atoms with Crippen molar-refractivity contribution in [3.05, 3.63) is 30.1 Å². The number of ether oxygens (including phenoxy) is 1. The summed E-state index contributed by atoms with van der Waals surface area (Å²) >= 11 is 0. The van der Waals surface area contributed by atoms with Gasteiger partial charge in [0.25, 0.3) is 0 Å². The van der Waals surface area contributed by atoms with Crippen LogP contribution in [0.2, 0.25) is 0 Å². The smallest absolute Gasteiger partial charge is 0.406 e. The molecule has 27 heavy (non-hydrogen) atoms. The number of fused-ring (bicyclic) bond motifs is 3. The molecule has 2 aliphatic rings. The van der Waals surface area contributed by atoms with Crippen LogP contribution in [-0.4, -0.2) is 51.8 Å². The van der Waals surface area contributed by atoms with E-state index in [-0.39, 0.29) is 17.3 Å². The van der Waals surface area contributed by atoms with Gasteiger partial charge in [-0.2, -0.15) is 13.2 Å². The first-order valence-electron chi connectivity index (χ1n) is 9.25. The van der Waals surface area contributed by atoms with Gasteiger partial charge in [-0.25, -0.2) is 9.78 Å². The highest BCUT2D eigenvalue weighted by Gasteiger charge is 2.38. The number of alkyl halides is 3. The minimum absolute atomic E-state index is 0.141. The van der Waals surface area contributed by atoms with Crippen LogP contribution >= 0.6 is 0 Å². The Kier molecular flexibility index (Phi) is 4.61. The van der Waals surface area contributed by atoms with Crippen LogP contribution < -0.4 is 0 Å². The molecule has 0 spiro atoms. The van der Waals surface area contributed by atoms with Gasteiger partial charge in [-0.1, -0.05) is 6.42 Å². The van der Waals surface area contributed by atoms with E-state index in [1.54, 1.807) is 12.1 Å². The van der Waals surface area contributed by atoms with E-state index in [9.17, 15) is 18.0 Å². The highest BCUT2D eigenvalue weighted by molar-refractivity contribution is 6.03. The summed E-state index contributed by atoms with van der Waals surface area (Å²) in [6.07, 6.45) is 2.97. The van der Waals surface area contributed by atoms with E-state index in [2.05, 4.69) is 16.9 Å². The third-order valence-corrected chi connectivity index (χ3v) is 5.77. The fourth-order valence-electron chi connectivity index (χ4n) is 4.48. The largest absolute Gasteiger partial charge is 0.459 e. The fraction of sp³-hybridized carbons (Fsp3) is 0.579. The summed E-state index contributed by atoms with van der Waals surface area (Å²) in [6.45, 7) is -1.19. The average Bonchev–Trinajstić information content (AvgIpc) is 2.93. The second-order valence-electron chi connectivity index (χ2n) is 7.56. The number of carbonyl (C=O) groups is 1. The number of carbonyl (C=O) groups excluding carboxylic acids is 1. The molecule has 4 heterocycles. The zero-order valence-corrected chi connectivity index (χ0v) is 15.1. The van der Waals surface area contributed by atoms with Gasteiger partial charge >= 0.3 is 12.1 Å². The van der Waals surface area contributed by atoms with Crippen LogP contribution in [0.5, 0.6) is 0 Å².